The third kappa shape index (κ3) is 5.84. The first-order chi connectivity index (χ1) is 10.3. The van der Waals surface area contributed by atoms with Gasteiger partial charge in [-0.2, -0.15) is 0 Å². The van der Waals surface area contributed by atoms with Gasteiger partial charge < -0.3 is 15.4 Å². The van der Waals surface area contributed by atoms with E-state index in [2.05, 4.69) is 25.6 Å². The van der Waals surface area contributed by atoms with E-state index in [4.69, 9.17) is 4.74 Å². The summed E-state index contributed by atoms with van der Waals surface area (Å²) >= 11 is 0. The molecule has 0 radical (unpaired) electrons. The van der Waals surface area contributed by atoms with Crippen molar-refractivity contribution in [1.82, 2.24) is 20.6 Å². The van der Waals surface area contributed by atoms with E-state index in [1.807, 2.05) is 36.4 Å². The molecule has 0 atom stereocenters. The van der Waals surface area contributed by atoms with Crippen LogP contribution in [-0.4, -0.2) is 30.1 Å². The van der Waals surface area contributed by atoms with Crippen LogP contribution in [0.5, 0.6) is 5.88 Å². The molecule has 7 heteroatoms. The molecule has 2 heterocycles. The van der Waals surface area contributed by atoms with Crippen LogP contribution in [0, 0.1) is 0 Å². The topological polar surface area (TPSA) is 71.4 Å². The molecule has 0 aliphatic carbocycles. The van der Waals surface area contributed by atoms with Crippen molar-refractivity contribution in [3.8, 4) is 5.88 Å². The Kier molecular flexibility index (Phi) is 8.19. The average molecular weight is 413 g/mol. The number of halogens is 1. The average Bonchev–Trinajstić information content (AvgIpc) is 2.56. The molecule has 2 aromatic heterocycles. The maximum atomic E-state index is 5.10. The number of aromatic nitrogens is 2. The third-order valence-corrected chi connectivity index (χ3v) is 2.81. The highest BCUT2D eigenvalue weighted by molar-refractivity contribution is 14.0. The van der Waals surface area contributed by atoms with Crippen LogP contribution in [0.25, 0.3) is 0 Å². The second-order valence-electron chi connectivity index (χ2n) is 4.27. The largest absolute Gasteiger partial charge is 0.481 e. The van der Waals surface area contributed by atoms with Crippen LogP contribution in [0.1, 0.15) is 11.4 Å². The molecule has 2 aromatic rings. The Balaban J connectivity index is 0.00000242. The summed E-state index contributed by atoms with van der Waals surface area (Å²) in [6, 6.07) is 11.5. The Morgan fingerprint density at radius 3 is 2.45 bits per heavy atom. The number of guanidine groups is 1. The fourth-order valence-corrected chi connectivity index (χ4v) is 1.74. The van der Waals surface area contributed by atoms with Gasteiger partial charge in [-0.1, -0.05) is 12.1 Å². The molecule has 22 heavy (non-hydrogen) atoms. The van der Waals surface area contributed by atoms with Crippen molar-refractivity contribution >= 4 is 29.9 Å². The summed E-state index contributed by atoms with van der Waals surface area (Å²) in [7, 11) is 3.33. The van der Waals surface area contributed by atoms with Gasteiger partial charge in [0.1, 0.15) is 0 Å². The van der Waals surface area contributed by atoms with E-state index >= 15 is 0 Å². The van der Waals surface area contributed by atoms with Gasteiger partial charge in [0.15, 0.2) is 5.96 Å². The Morgan fingerprint density at radius 2 is 1.82 bits per heavy atom. The molecule has 0 aliphatic rings. The van der Waals surface area contributed by atoms with E-state index in [9.17, 15) is 0 Å². The number of ether oxygens (including phenoxy) is 1. The predicted octanol–water partition coefficient (Wildman–Crippen LogP) is 1.97. The molecule has 6 nitrogen and oxygen atoms in total. The number of pyridine rings is 2. The molecule has 0 saturated carbocycles. The summed E-state index contributed by atoms with van der Waals surface area (Å²) in [4.78, 5) is 12.8. The van der Waals surface area contributed by atoms with Crippen LogP contribution < -0.4 is 15.4 Å². The maximum absolute atomic E-state index is 5.10. The molecule has 0 aliphatic heterocycles. The first-order valence-electron chi connectivity index (χ1n) is 6.66. The fourth-order valence-electron chi connectivity index (χ4n) is 1.74. The van der Waals surface area contributed by atoms with E-state index in [1.165, 1.54) is 0 Å². The number of methoxy groups -OCH3 is 1. The zero-order valence-electron chi connectivity index (χ0n) is 12.6. The Hall–Kier alpha value is -1.90. The number of hydrogen-bond acceptors (Lipinski definition) is 4. The van der Waals surface area contributed by atoms with E-state index in [0.717, 1.165) is 11.4 Å². The van der Waals surface area contributed by atoms with Crippen molar-refractivity contribution in [2.75, 3.05) is 14.2 Å². The number of aliphatic imine (C=N–C) groups is 1. The SMILES string of the molecule is CN=C(NCc1ccccn1)NCc1cccc(OC)n1.I. The molecule has 2 rings (SSSR count). The van der Waals surface area contributed by atoms with Gasteiger partial charge in [0.05, 0.1) is 31.6 Å². The minimum absolute atomic E-state index is 0. The van der Waals surface area contributed by atoms with E-state index in [-0.39, 0.29) is 24.0 Å². The summed E-state index contributed by atoms with van der Waals surface area (Å²) in [5.41, 5.74) is 1.84. The van der Waals surface area contributed by atoms with Gasteiger partial charge in [-0.3, -0.25) is 9.98 Å². The molecule has 118 valence electrons. The van der Waals surface area contributed by atoms with Crippen LogP contribution in [0.3, 0.4) is 0 Å². The normalized spacial score (nSPS) is 10.5. The summed E-state index contributed by atoms with van der Waals surface area (Å²) in [6.07, 6.45) is 1.77. The van der Waals surface area contributed by atoms with Crippen molar-refractivity contribution in [3.63, 3.8) is 0 Å². The summed E-state index contributed by atoms with van der Waals surface area (Å²) in [5, 5.41) is 6.40. The van der Waals surface area contributed by atoms with Gasteiger partial charge in [0.2, 0.25) is 5.88 Å². The van der Waals surface area contributed by atoms with Gasteiger partial charge in [0, 0.05) is 19.3 Å². The van der Waals surface area contributed by atoms with E-state index in [0.29, 0.717) is 24.9 Å². The van der Waals surface area contributed by atoms with Crippen molar-refractivity contribution in [2.45, 2.75) is 13.1 Å². The van der Waals surface area contributed by atoms with E-state index < -0.39 is 0 Å². The number of rotatable bonds is 5. The second-order valence-corrected chi connectivity index (χ2v) is 4.27. The fraction of sp³-hybridized carbons (Fsp3) is 0.267. The minimum Gasteiger partial charge on any atom is -0.481 e. The third-order valence-electron chi connectivity index (χ3n) is 2.81. The zero-order valence-corrected chi connectivity index (χ0v) is 14.9. The monoisotopic (exact) mass is 413 g/mol. The lowest BCUT2D eigenvalue weighted by atomic mass is 10.3. The highest BCUT2D eigenvalue weighted by Crippen LogP contribution is 2.06. The smallest absolute Gasteiger partial charge is 0.213 e. The van der Waals surface area contributed by atoms with Crippen molar-refractivity contribution in [2.24, 2.45) is 4.99 Å². The van der Waals surface area contributed by atoms with Crippen LogP contribution in [0.15, 0.2) is 47.6 Å². The van der Waals surface area contributed by atoms with Crippen LogP contribution in [-0.2, 0) is 13.1 Å². The maximum Gasteiger partial charge on any atom is 0.213 e. The van der Waals surface area contributed by atoms with Gasteiger partial charge in [0.25, 0.3) is 0 Å². The van der Waals surface area contributed by atoms with Gasteiger partial charge >= 0.3 is 0 Å². The molecule has 0 spiro atoms. The zero-order chi connectivity index (χ0) is 14.9. The summed E-state index contributed by atoms with van der Waals surface area (Å²) < 4.78 is 5.10. The van der Waals surface area contributed by atoms with Crippen LogP contribution in [0.2, 0.25) is 0 Å². The molecule has 0 aromatic carbocycles. The molecular formula is C15H20IN5O. The lowest BCUT2D eigenvalue weighted by molar-refractivity contribution is 0.396. The molecule has 0 unspecified atom stereocenters. The van der Waals surface area contributed by atoms with Crippen molar-refractivity contribution in [1.29, 1.82) is 0 Å². The quantitative estimate of drug-likeness (QED) is 0.446. The molecular weight excluding hydrogens is 393 g/mol. The summed E-state index contributed by atoms with van der Waals surface area (Å²) in [6.45, 7) is 1.19. The van der Waals surface area contributed by atoms with Crippen molar-refractivity contribution < 1.29 is 4.74 Å². The lowest BCUT2D eigenvalue weighted by Gasteiger charge is -2.11. The Labute approximate surface area is 147 Å². The van der Waals surface area contributed by atoms with Crippen molar-refractivity contribution in [3.05, 3.63) is 54.0 Å². The molecule has 0 fully saturated rings. The molecule has 0 amide bonds. The van der Waals surface area contributed by atoms with Gasteiger partial charge in [-0.05, 0) is 18.2 Å². The summed E-state index contributed by atoms with van der Waals surface area (Å²) in [5.74, 6) is 1.30. The van der Waals surface area contributed by atoms with E-state index in [1.54, 1.807) is 20.4 Å². The minimum atomic E-state index is 0. The van der Waals surface area contributed by atoms with Crippen LogP contribution >= 0.6 is 24.0 Å². The van der Waals surface area contributed by atoms with Gasteiger partial charge in [-0.15, -0.1) is 24.0 Å². The number of nitrogens with one attached hydrogen (secondary N) is 2. The van der Waals surface area contributed by atoms with Gasteiger partial charge in [-0.25, -0.2) is 4.98 Å². The number of nitrogens with zero attached hydrogens (tertiary/aromatic N) is 3. The highest BCUT2D eigenvalue weighted by Gasteiger charge is 2.01. The lowest BCUT2D eigenvalue weighted by Crippen LogP contribution is -2.36. The standard InChI is InChI=1S/C15H19N5O.HI/c1-16-15(18-10-12-6-3-4-9-17-12)19-11-13-7-5-8-14(20-13)21-2;/h3-9H,10-11H2,1-2H3,(H2,16,18,19);1H. The molecule has 2 N–H and O–H groups in total. The highest BCUT2D eigenvalue weighted by atomic mass is 127. The Bertz CT molecular complexity index is 591. The molecule has 0 bridgehead atoms. The first-order valence-corrected chi connectivity index (χ1v) is 6.66. The predicted molar refractivity (Wildman–Crippen MR) is 97.5 cm³/mol. The van der Waals surface area contributed by atoms with Crippen LogP contribution in [0.4, 0.5) is 0 Å². The first kappa shape index (κ1) is 18.1. The molecule has 0 saturated heterocycles. The second kappa shape index (κ2) is 9.93. The Morgan fingerprint density at radius 1 is 1.09 bits per heavy atom. The number of hydrogen-bond donors (Lipinski definition) is 2.